The average molecular weight is 318 g/mol. The van der Waals surface area contributed by atoms with E-state index in [1.165, 1.54) is 0 Å². The first-order valence-electron chi connectivity index (χ1n) is 5.64. The van der Waals surface area contributed by atoms with Gasteiger partial charge in [-0.1, -0.05) is 17.7 Å². The number of hydrogen-bond donors (Lipinski definition) is 2. The summed E-state index contributed by atoms with van der Waals surface area (Å²) in [5.41, 5.74) is 0.723. The Morgan fingerprint density at radius 1 is 1.59 bits per heavy atom. The maximum atomic E-state index is 11.8. The summed E-state index contributed by atoms with van der Waals surface area (Å²) in [6, 6.07) is 5.74. The van der Waals surface area contributed by atoms with Gasteiger partial charge in [0.1, 0.15) is 0 Å². The third-order valence-corrected chi connectivity index (χ3v) is 4.22. The highest BCUT2D eigenvalue weighted by Gasteiger charge is 2.18. The van der Waals surface area contributed by atoms with Crippen LogP contribution in [0, 0.1) is 0 Å². The maximum Gasteiger partial charge on any atom is 0.225 e. The van der Waals surface area contributed by atoms with E-state index >= 15 is 0 Å². The Labute approximate surface area is 114 Å². The first kappa shape index (κ1) is 12.9. The van der Waals surface area contributed by atoms with E-state index in [2.05, 4.69) is 26.6 Å². The van der Waals surface area contributed by atoms with Crippen molar-refractivity contribution in [2.24, 2.45) is 0 Å². The SMILES string of the molecule is O=C(CC1CCCN1)Nc1cccc(Cl)c1Br. The highest BCUT2D eigenvalue weighted by atomic mass is 79.9. The van der Waals surface area contributed by atoms with Gasteiger partial charge in [0, 0.05) is 12.5 Å². The third kappa shape index (κ3) is 3.44. The normalized spacial score (nSPS) is 19.3. The number of amides is 1. The van der Waals surface area contributed by atoms with Crippen LogP contribution in [0.5, 0.6) is 0 Å². The lowest BCUT2D eigenvalue weighted by Gasteiger charge is -2.11. The second kappa shape index (κ2) is 5.85. The van der Waals surface area contributed by atoms with E-state index in [0.717, 1.165) is 29.5 Å². The Kier molecular flexibility index (Phi) is 4.42. The number of benzene rings is 1. The Morgan fingerprint density at radius 2 is 2.41 bits per heavy atom. The molecule has 92 valence electrons. The fourth-order valence-corrected chi connectivity index (χ4v) is 2.49. The van der Waals surface area contributed by atoms with Gasteiger partial charge in [0.15, 0.2) is 0 Å². The molecule has 2 rings (SSSR count). The van der Waals surface area contributed by atoms with Crippen molar-refractivity contribution in [3.05, 3.63) is 27.7 Å². The number of rotatable bonds is 3. The van der Waals surface area contributed by atoms with Crippen LogP contribution in [0.4, 0.5) is 5.69 Å². The van der Waals surface area contributed by atoms with Gasteiger partial charge in [-0.15, -0.1) is 0 Å². The molecule has 1 atom stereocenters. The van der Waals surface area contributed by atoms with Crippen LogP contribution in [0.1, 0.15) is 19.3 Å². The number of anilines is 1. The third-order valence-electron chi connectivity index (χ3n) is 2.82. The zero-order valence-electron chi connectivity index (χ0n) is 9.30. The predicted octanol–water partition coefficient (Wildman–Crippen LogP) is 3.18. The monoisotopic (exact) mass is 316 g/mol. The minimum atomic E-state index is 0.0207. The van der Waals surface area contributed by atoms with Crippen molar-refractivity contribution >= 4 is 39.1 Å². The van der Waals surface area contributed by atoms with Crippen molar-refractivity contribution in [2.45, 2.75) is 25.3 Å². The Morgan fingerprint density at radius 3 is 3.12 bits per heavy atom. The van der Waals surface area contributed by atoms with E-state index in [1.807, 2.05) is 12.1 Å². The zero-order chi connectivity index (χ0) is 12.3. The molecule has 0 aliphatic carbocycles. The Bertz CT molecular complexity index is 419. The van der Waals surface area contributed by atoms with Gasteiger partial charge in [-0.25, -0.2) is 0 Å². The van der Waals surface area contributed by atoms with E-state index in [-0.39, 0.29) is 5.91 Å². The molecule has 0 spiro atoms. The van der Waals surface area contributed by atoms with Crippen molar-refractivity contribution < 1.29 is 4.79 Å². The number of halogens is 2. The summed E-state index contributed by atoms with van der Waals surface area (Å²) in [7, 11) is 0. The molecule has 1 aliphatic heterocycles. The molecule has 0 bridgehead atoms. The van der Waals surface area contributed by atoms with Crippen molar-refractivity contribution in [3.8, 4) is 0 Å². The molecule has 17 heavy (non-hydrogen) atoms. The van der Waals surface area contributed by atoms with E-state index in [1.54, 1.807) is 6.07 Å². The second-order valence-corrected chi connectivity index (χ2v) is 5.35. The molecule has 2 N–H and O–H groups in total. The second-order valence-electron chi connectivity index (χ2n) is 4.15. The van der Waals surface area contributed by atoms with E-state index in [9.17, 15) is 4.79 Å². The van der Waals surface area contributed by atoms with Crippen LogP contribution >= 0.6 is 27.5 Å². The molecular weight excluding hydrogens is 304 g/mol. The largest absolute Gasteiger partial charge is 0.325 e. The van der Waals surface area contributed by atoms with Crippen molar-refractivity contribution in [3.63, 3.8) is 0 Å². The quantitative estimate of drug-likeness (QED) is 0.899. The molecule has 0 aromatic heterocycles. The minimum Gasteiger partial charge on any atom is -0.325 e. The van der Waals surface area contributed by atoms with Crippen LogP contribution in [0.3, 0.4) is 0 Å². The van der Waals surface area contributed by atoms with Crippen LogP contribution in [0.25, 0.3) is 0 Å². The van der Waals surface area contributed by atoms with Crippen LogP contribution in [-0.4, -0.2) is 18.5 Å². The van der Waals surface area contributed by atoms with Gasteiger partial charge in [-0.05, 0) is 47.4 Å². The lowest BCUT2D eigenvalue weighted by atomic mass is 10.1. The van der Waals surface area contributed by atoms with E-state index in [4.69, 9.17) is 11.6 Å². The Balaban J connectivity index is 1.95. The van der Waals surface area contributed by atoms with Gasteiger partial charge >= 0.3 is 0 Å². The van der Waals surface area contributed by atoms with Crippen LogP contribution in [0.2, 0.25) is 5.02 Å². The molecule has 1 aliphatic rings. The smallest absolute Gasteiger partial charge is 0.225 e. The minimum absolute atomic E-state index is 0.0207. The van der Waals surface area contributed by atoms with E-state index < -0.39 is 0 Å². The summed E-state index contributed by atoms with van der Waals surface area (Å²) in [4.78, 5) is 11.8. The highest BCUT2D eigenvalue weighted by Crippen LogP contribution is 2.30. The first-order valence-corrected chi connectivity index (χ1v) is 6.81. The number of carbonyl (C=O) groups is 1. The average Bonchev–Trinajstić information content (AvgIpc) is 2.77. The molecule has 1 aromatic rings. The summed E-state index contributed by atoms with van der Waals surface area (Å²) >= 11 is 9.32. The summed E-state index contributed by atoms with van der Waals surface area (Å²) in [6.45, 7) is 1.01. The molecule has 5 heteroatoms. The van der Waals surface area contributed by atoms with Crippen LogP contribution < -0.4 is 10.6 Å². The zero-order valence-corrected chi connectivity index (χ0v) is 11.6. The van der Waals surface area contributed by atoms with Crippen LogP contribution in [-0.2, 0) is 4.79 Å². The molecule has 1 amide bonds. The molecule has 1 aromatic carbocycles. The lowest BCUT2D eigenvalue weighted by molar-refractivity contribution is -0.116. The molecule has 0 radical (unpaired) electrons. The predicted molar refractivity (Wildman–Crippen MR) is 73.4 cm³/mol. The molecule has 0 saturated carbocycles. The van der Waals surface area contributed by atoms with E-state index in [0.29, 0.717) is 17.5 Å². The van der Waals surface area contributed by atoms with Gasteiger partial charge in [0.25, 0.3) is 0 Å². The van der Waals surface area contributed by atoms with Gasteiger partial charge in [-0.2, -0.15) is 0 Å². The highest BCUT2D eigenvalue weighted by molar-refractivity contribution is 9.10. The van der Waals surface area contributed by atoms with Gasteiger partial charge < -0.3 is 10.6 Å². The number of hydrogen-bond acceptors (Lipinski definition) is 2. The summed E-state index contributed by atoms with van der Waals surface area (Å²) in [5, 5.41) is 6.77. The standard InChI is InChI=1S/C12H14BrClN2O/c13-12-9(14)4-1-5-10(12)16-11(17)7-8-3-2-6-15-8/h1,4-5,8,15H,2-3,6-7H2,(H,16,17). The lowest BCUT2D eigenvalue weighted by Crippen LogP contribution is -2.27. The summed E-state index contributed by atoms with van der Waals surface area (Å²) in [5.74, 6) is 0.0207. The van der Waals surface area contributed by atoms with Gasteiger partial charge in [-0.3, -0.25) is 4.79 Å². The molecule has 1 saturated heterocycles. The molecule has 1 heterocycles. The van der Waals surface area contributed by atoms with Crippen molar-refractivity contribution in [2.75, 3.05) is 11.9 Å². The molecular formula is C12H14BrClN2O. The van der Waals surface area contributed by atoms with Gasteiger partial charge in [0.2, 0.25) is 5.91 Å². The fraction of sp³-hybridized carbons (Fsp3) is 0.417. The fourth-order valence-electron chi connectivity index (χ4n) is 1.96. The summed E-state index contributed by atoms with van der Waals surface area (Å²) < 4.78 is 0.731. The topological polar surface area (TPSA) is 41.1 Å². The number of nitrogens with one attached hydrogen (secondary N) is 2. The number of carbonyl (C=O) groups excluding carboxylic acids is 1. The molecule has 1 unspecified atom stereocenters. The maximum absolute atomic E-state index is 11.8. The van der Waals surface area contributed by atoms with Crippen LogP contribution in [0.15, 0.2) is 22.7 Å². The van der Waals surface area contributed by atoms with Gasteiger partial charge in [0.05, 0.1) is 15.2 Å². The van der Waals surface area contributed by atoms with Crippen molar-refractivity contribution in [1.82, 2.24) is 5.32 Å². The summed E-state index contributed by atoms with van der Waals surface area (Å²) in [6.07, 6.45) is 2.74. The molecule has 3 nitrogen and oxygen atoms in total. The first-order chi connectivity index (χ1) is 8.16. The molecule has 1 fully saturated rings. The van der Waals surface area contributed by atoms with Crippen molar-refractivity contribution in [1.29, 1.82) is 0 Å². The Hall–Kier alpha value is -0.580.